The molecule has 4 aliphatic rings. The summed E-state index contributed by atoms with van der Waals surface area (Å²) >= 11 is 3.48. The third kappa shape index (κ3) is 2.92. The molecule has 120 valence electrons. The second-order valence-electron chi connectivity index (χ2n) is 9.12. The number of carbonyl (C=O) groups excluding carboxylic acids is 1. The molecular formula is C18H30BrNO. The minimum Gasteiger partial charge on any atom is -0.353 e. The molecule has 4 bridgehead atoms. The second kappa shape index (κ2) is 5.25. The zero-order valence-corrected chi connectivity index (χ0v) is 15.4. The summed E-state index contributed by atoms with van der Waals surface area (Å²) in [6, 6.07) is 0.309. The molecule has 4 saturated carbocycles. The van der Waals surface area contributed by atoms with Crippen LogP contribution in [0.15, 0.2) is 0 Å². The zero-order chi connectivity index (χ0) is 15.3. The van der Waals surface area contributed by atoms with Crippen molar-refractivity contribution in [2.45, 2.75) is 78.2 Å². The van der Waals surface area contributed by atoms with Gasteiger partial charge in [-0.1, -0.05) is 29.8 Å². The number of alkyl halides is 1. The van der Waals surface area contributed by atoms with E-state index in [1.807, 2.05) is 0 Å². The summed E-state index contributed by atoms with van der Waals surface area (Å²) in [5.41, 5.74) is 0.792. The summed E-state index contributed by atoms with van der Waals surface area (Å²) in [4.78, 5) is 13.0. The van der Waals surface area contributed by atoms with E-state index in [0.29, 0.717) is 22.8 Å². The zero-order valence-electron chi connectivity index (χ0n) is 13.8. The first-order chi connectivity index (χ1) is 9.78. The maximum atomic E-state index is 13.0. The Morgan fingerprint density at radius 2 is 1.81 bits per heavy atom. The lowest BCUT2D eigenvalue weighted by Gasteiger charge is -2.64. The average Bonchev–Trinajstić information content (AvgIpc) is 2.31. The molecule has 0 spiro atoms. The summed E-state index contributed by atoms with van der Waals surface area (Å²) in [5, 5.41) is 4.37. The van der Waals surface area contributed by atoms with Gasteiger partial charge in [0.1, 0.15) is 0 Å². The molecule has 4 fully saturated rings. The first-order valence-corrected chi connectivity index (χ1v) is 9.77. The van der Waals surface area contributed by atoms with Crippen LogP contribution in [0.1, 0.15) is 72.1 Å². The molecule has 3 atom stereocenters. The first kappa shape index (κ1) is 15.8. The molecule has 1 N–H and O–H groups in total. The largest absolute Gasteiger partial charge is 0.353 e. The van der Waals surface area contributed by atoms with Gasteiger partial charge >= 0.3 is 0 Å². The van der Waals surface area contributed by atoms with E-state index in [9.17, 15) is 4.79 Å². The van der Waals surface area contributed by atoms with Crippen molar-refractivity contribution in [2.75, 3.05) is 5.33 Å². The monoisotopic (exact) mass is 355 g/mol. The van der Waals surface area contributed by atoms with E-state index < -0.39 is 0 Å². The van der Waals surface area contributed by atoms with Crippen molar-refractivity contribution < 1.29 is 4.79 Å². The molecule has 0 saturated heterocycles. The number of halogens is 1. The fourth-order valence-electron chi connectivity index (χ4n) is 6.53. The van der Waals surface area contributed by atoms with Gasteiger partial charge in [-0.2, -0.15) is 0 Å². The van der Waals surface area contributed by atoms with Crippen molar-refractivity contribution in [3.05, 3.63) is 0 Å². The van der Waals surface area contributed by atoms with Crippen LogP contribution in [-0.4, -0.2) is 17.3 Å². The molecule has 0 radical (unpaired) electrons. The molecule has 4 rings (SSSR count). The number of nitrogens with one attached hydrogen (secondary N) is 1. The van der Waals surface area contributed by atoms with Crippen LogP contribution in [0.5, 0.6) is 0 Å². The van der Waals surface area contributed by atoms with Crippen LogP contribution < -0.4 is 5.32 Å². The van der Waals surface area contributed by atoms with Gasteiger partial charge in [0.15, 0.2) is 0 Å². The van der Waals surface area contributed by atoms with Crippen molar-refractivity contribution in [1.82, 2.24) is 5.32 Å². The summed E-state index contributed by atoms with van der Waals surface area (Å²) in [7, 11) is 0. The average molecular weight is 356 g/mol. The SMILES string of the molecule is CC(CCCBr)NC(=O)C12CC3CC(C)(CC(C)(C3)C1)C2. The minimum absolute atomic E-state index is 0.0500. The van der Waals surface area contributed by atoms with Crippen LogP contribution in [0.4, 0.5) is 0 Å². The highest BCUT2D eigenvalue weighted by atomic mass is 79.9. The Morgan fingerprint density at radius 3 is 2.33 bits per heavy atom. The molecule has 0 aromatic heterocycles. The van der Waals surface area contributed by atoms with Gasteiger partial charge in [0.05, 0.1) is 5.41 Å². The van der Waals surface area contributed by atoms with E-state index in [-0.39, 0.29) is 5.41 Å². The number of rotatable bonds is 5. The molecular weight excluding hydrogens is 326 g/mol. The summed E-state index contributed by atoms with van der Waals surface area (Å²) in [6.45, 7) is 7.03. The Kier molecular flexibility index (Phi) is 3.96. The Morgan fingerprint density at radius 1 is 1.19 bits per heavy atom. The van der Waals surface area contributed by atoms with Gasteiger partial charge < -0.3 is 5.32 Å². The third-order valence-corrected chi connectivity index (χ3v) is 6.82. The second-order valence-corrected chi connectivity index (χ2v) is 9.91. The standard InChI is InChI=1S/C18H30BrNO/c1-13(5-4-6-19)20-15(21)18-9-14-7-16(2,11-18)10-17(3,8-14)12-18/h13-14H,4-12H2,1-3H3,(H,20,21). The molecule has 1 amide bonds. The smallest absolute Gasteiger partial charge is 0.226 e. The van der Waals surface area contributed by atoms with E-state index in [4.69, 9.17) is 0 Å². The maximum Gasteiger partial charge on any atom is 0.226 e. The highest BCUT2D eigenvalue weighted by molar-refractivity contribution is 9.09. The van der Waals surface area contributed by atoms with Crippen LogP contribution in [0.2, 0.25) is 0 Å². The number of amides is 1. The van der Waals surface area contributed by atoms with Crippen molar-refractivity contribution in [2.24, 2.45) is 22.2 Å². The Labute approximate surface area is 138 Å². The predicted molar refractivity (Wildman–Crippen MR) is 90.5 cm³/mol. The van der Waals surface area contributed by atoms with Crippen LogP contribution in [0, 0.1) is 22.2 Å². The normalized spacial score (nSPS) is 45.6. The lowest BCUT2D eigenvalue weighted by Crippen LogP contribution is -2.60. The van der Waals surface area contributed by atoms with Crippen LogP contribution in [0.3, 0.4) is 0 Å². The number of hydrogen-bond donors (Lipinski definition) is 1. The maximum absolute atomic E-state index is 13.0. The predicted octanol–water partition coefficient (Wildman–Crippen LogP) is 4.66. The quantitative estimate of drug-likeness (QED) is 0.713. The van der Waals surface area contributed by atoms with E-state index in [0.717, 1.165) is 43.4 Å². The number of carbonyl (C=O) groups is 1. The fraction of sp³-hybridized carbons (Fsp3) is 0.944. The van der Waals surface area contributed by atoms with E-state index in [1.54, 1.807) is 0 Å². The van der Waals surface area contributed by atoms with Gasteiger partial charge in [0.25, 0.3) is 0 Å². The third-order valence-electron chi connectivity index (χ3n) is 6.26. The van der Waals surface area contributed by atoms with Gasteiger partial charge in [0, 0.05) is 11.4 Å². The van der Waals surface area contributed by atoms with Gasteiger partial charge in [-0.25, -0.2) is 0 Å². The summed E-state index contributed by atoms with van der Waals surface area (Å²) in [5.74, 6) is 1.16. The fourth-order valence-corrected chi connectivity index (χ4v) is 6.86. The molecule has 0 aromatic rings. The first-order valence-electron chi connectivity index (χ1n) is 8.65. The van der Waals surface area contributed by atoms with Gasteiger partial charge in [-0.3, -0.25) is 4.79 Å². The van der Waals surface area contributed by atoms with Gasteiger partial charge in [-0.05, 0) is 75.0 Å². The topological polar surface area (TPSA) is 29.1 Å². The lowest BCUT2D eigenvalue weighted by atomic mass is 9.40. The molecule has 0 heterocycles. The van der Waals surface area contributed by atoms with Crippen molar-refractivity contribution in [3.8, 4) is 0 Å². The number of hydrogen-bond acceptors (Lipinski definition) is 1. The van der Waals surface area contributed by atoms with Crippen LogP contribution in [-0.2, 0) is 4.79 Å². The Hall–Kier alpha value is -0.0500. The highest BCUT2D eigenvalue weighted by Crippen LogP contribution is 2.69. The molecule has 3 unspecified atom stereocenters. The van der Waals surface area contributed by atoms with Crippen molar-refractivity contribution in [3.63, 3.8) is 0 Å². The summed E-state index contributed by atoms with van der Waals surface area (Å²) in [6.07, 6.45) is 9.66. The Balaban J connectivity index is 1.73. The van der Waals surface area contributed by atoms with Crippen molar-refractivity contribution >= 4 is 21.8 Å². The molecule has 4 aliphatic carbocycles. The lowest BCUT2D eigenvalue weighted by molar-refractivity contribution is -0.170. The molecule has 0 aromatic carbocycles. The molecule has 2 nitrogen and oxygen atoms in total. The van der Waals surface area contributed by atoms with Crippen molar-refractivity contribution in [1.29, 1.82) is 0 Å². The Bertz CT molecular complexity index is 417. The van der Waals surface area contributed by atoms with Gasteiger partial charge in [-0.15, -0.1) is 0 Å². The van der Waals surface area contributed by atoms with E-state index in [1.165, 1.54) is 19.3 Å². The van der Waals surface area contributed by atoms with E-state index in [2.05, 4.69) is 42.0 Å². The molecule has 21 heavy (non-hydrogen) atoms. The minimum atomic E-state index is -0.0500. The highest BCUT2D eigenvalue weighted by Gasteiger charge is 2.62. The van der Waals surface area contributed by atoms with E-state index >= 15 is 0 Å². The summed E-state index contributed by atoms with van der Waals surface area (Å²) < 4.78 is 0. The van der Waals surface area contributed by atoms with Gasteiger partial charge in [0.2, 0.25) is 5.91 Å². The van der Waals surface area contributed by atoms with Crippen LogP contribution >= 0.6 is 15.9 Å². The molecule has 3 heteroatoms. The van der Waals surface area contributed by atoms with Crippen LogP contribution in [0.25, 0.3) is 0 Å². The molecule has 0 aliphatic heterocycles.